The fourth-order valence-corrected chi connectivity index (χ4v) is 3.42. The lowest BCUT2D eigenvalue weighted by atomic mass is 9.73. The summed E-state index contributed by atoms with van der Waals surface area (Å²) in [6.45, 7) is 16.2. The van der Waals surface area contributed by atoms with E-state index in [4.69, 9.17) is 9.31 Å². The number of rotatable bonds is 1. The molecule has 0 radical (unpaired) electrons. The first-order chi connectivity index (χ1) is 9.25. The van der Waals surface area contributed by atoms with Crippen LogP contribution in [0.3, 0.4) is 0 Å². The van der Waals surface area contributed by atoms with E-state index in [1.54, 1.807) is 0 Å². The molecule has 0 aromatic carbocycles. The molecule has 0 unspecified atom stereocenters. The van der Waals surface area contributed by atoms with Crippen LogP contribution in [0.1, 0.15) is 68.2 Å². The zero-order valence-corrected chi connectivity index (χ0v) is 14.7. The van der Waals surface area contributed by atoms with Crippen molar-refractivity contribution in [3.05, 3.63) is 11.3 Å². The van der Waals surface area contributed by atoms with E-state index in [9.17, 15) is 4.39 Å². The Morgan fingerprint density at radius 1 is 0.905 bits per heavy atom. The van der Waals surface area contributed by atoms with E-state index >= 15 is 0 Å². The summed E-state index contributed by atoms with van der Waals surface area (Å²) in [5.74, 6) is 0. The Kier molecular flexibility index (Phi) is 3.88. The molecule has 0 bridgehead atoms. The minimum absolute atomic E-state index is 0.127. The smallest absolute Gasteiger partial charge is 0.398 e. The van der Waals surface area contributed by atoms with Gasteiger partial charge >= 0.3 is 7.12 Å². The first-order valence-electron chi connectivity index (χ1n) is 7.77. The van der Waals surface area contributed by atoms with E-state index in [-0.39, 0.29) is 16.8 Å². The normalized spacial score (nSPS) is 29.6. The van der Waals surface area contributed by atoms with Crippen molar-refractivity contribution in [2.45, 2.75) is 90.5 Å². The molecule has 2 saturated heterocycles. The van der Waals surface area contributed by atoms with Gasteiger partial charge in [0.1, 0.15) is 5.73 Å². The zero-order valence-electron chi connectivity index (χ0n) is 14.7. The van der Waals surface area contributed by atoms with Gasteiger partial charge in [-0.15, -0.1) is 0 Å². The van der Waals surface area contributed by atoms with Gasteiger partial charge in [0.05, 0.1) is 11.2 Å². The van der Waals surface area contributed by atoms with Crippen molar-refractivity contribution in [2.24, 2.45) is 0 Å². The highest BCUT2D eigenvalue weighted by Gasteiger charge is 2.54. The molecule has 0 aromatic rings. The first kappa shape index (κ1) is 17.0. The number of nitrogens with one attached hydrogen (secondary N) is 1. The highest BCUT2D eigenvalue weighted by atomic mass is 19.1. The third-order valence-electron chi connectivity index (χ3n) is 4.79. The second kappa shape index (κ2) is 4.80. The van der Waals surface area contributed by atoms with Crippen LogP contribution < -0.4 is 5.32 Å². The van der Waals surface area contributed by atoms with Crippen LogP contribution in [0.4, 0.5) is 4.39 Å². The monoisotopic (exact) mass is 297 g/mol. The number of hydrogen-bond acceptors (Lipinski definition) is 3. The van der Waals surface area contributed by atoms with Gasteiger partial charge in [-0.3, -0.25) is 0 Å². The molecular formula is C16H29BFNO2. The van der Waals surface area contributed by atoms with Gasteiger partial charge in [0.2, 0.25) is 0 Å². The average molecular weight is 297 g/mol. The van der Waals surface area contributed by atoms with Crippen molar-refractivity contribution >= 4 is 7.12 Å². The van der Waals surface area contributed by atoms with Crippen molar-refractivity contribution in [1.82, 2.24) is 5.32 Å². The van der Waals surface area contributed by atoms with Gasteiger partial charge in [0, 0.05) is 11.1 Å². The van der Waals surface area contributed by atoms with Crippen LogP contribution in [0.2, 0.25) is 0 Å². The van der Waals surface area contributed by atoms with Crippen LogP contribution in [0, 0.1) is 0 Å². The molecule has 0 amide bonds. The molecule has 2 fully saturated rings. The molecule has 1 N–H and O–H groups in total. The Bertz CT molecular complexity index is 435. The summed E-state index contributed by atoms with van der Waals surface area (Å²) < 4.78 is 26.6. The van der Waals surface area contributed by atoms with Crippen LogP contribution >= 0.6 is 0 Å². The van der Waals surface area contributed by atoms with E-state index < -0.39 is 18.3 Å². The van der Waals surface area contributed by atoms with Gasteiger partial charge in [-0.25, -0.2) is 4.39 Å². The Morgan fingerprint density at radius 2 is 1.29 bits per heavy atom. The Morgan fingerprint density at radius 3 is 1.67 bits per heavy atom. The summed E-state index contributed by atoms with van der Waals surface area (Å²) in [7, 11) is -0.880. The van der Waals surface area contributed by atoms with E-state index in [0.29, 0.717) is 12.8 Å². The average Bonchev–Trinajstić information content (AvgIpc) is 2.42. The standard InChI is InChI=1S/C16H29BFNO2/c1-13(2)9-11(10-14(3,4)19-13)12(18)17-20-15(5,6)16(7,8)21-17/h19H,9-10H2,1-8H3. The molecule has 3 nitrogen and oxygen atoms in total. The molecule has 0 aromatic heterocycles. The Hall–Kier alpha value is -0.385. The molecule has 0 saturated carbocycles. The quantitative estimate of drug-likeness (QED) is 0.747. The number of piperidine rings is 1. The topological polar surface area (TPSA) is 30.5 Å². The predicted molar refractivity (Wildman–Crippen MR) is 84.7 cm³/mol. The first-order valence-corrected chi connectivity index (χ1v) is 7.77. The van der Waals surface area contributed by atoms with Crippen LogP contribution in [0.25, 0.3) is 0 Å². The Labute approximate surface area is 128 Å². The zero-order chi connectivity index (χ0) is 16.3. The van der Waals surface area contributed by atoms with Crippen LogP contribution in [0.15, 0.2) is 11.3 Å². The van der Waals surface area contributed by atoms with E-state index in [1.165, 1.54) is 0 Å². The highest BCUT2D eigenvalue weighted by Crippen LogP contribution is 2.42. The minimum Gasteiger partial charge on any atom is -0.398 e. The molecule has 5 heteroatoms. The molecule has 2 heterocycles. The van der Waals surface area contributed by atoms with Gasteiger partial charge in [0.25, 0.3) is 0 Å². The van der Waals surface area contributed by atoms with Crippen LogP contribution in [-0.4, -0.2) is 29.4 Å². The van der Waals surface area contributed by atoms with E-state index in [1.807, 2.05) is 27.7 Å². The maximum Gasteiger partial charge on any atom is 0.525 e. The summed E-state index contributed by atoms with van der Waals surface area (Å²) >= 11 is 0. The van der Waals surface area contributed by atoms with Gasteiger partial charge in [-0.1, -0.05) is 0 Å². The molecule has 0 aliphatic carbocycles. The van der Waals surface area contributed by atoms with Gasteiger partial charge < -0.3 is 14.6 Å². The van der Waals surface area contributed by atoms with Crippen molar-refractivity contribution < 1.29 is 13.7 Å². The number of hydrogen-bond donors (Lipinski definition) is 1. The fraction of sp³-hybridized carbons (Fsp3) is 0.875. The second-order valence-electron chi connectivity index (χ2n) is 8.79. The van der Waals surface area contributed by atoms with Crippen LogP contribution in [0.5, 0.6) is 0 Å². The van der Waals surface area contributed by atoms with Gasteiger partial charge in [0.15, 0.2) is 0 Å². The molecular weight excluding hydrogens is 268 g/mol. The summed E-state index contributed by atoms with van der Waals surface area (Å²) in [5.41, 5.74) is -0.699. The molecule has 120 valence electrons. The van der Waals surface area contributed by atoms with E-state index in [0.717, 1.165) is 5.57 Å². The lowest BCUT2D eigenvalue weighted by Gasteiger charge is -2.44. The molecule has 0 spiro atoms. The molecule has 2 rings (SSSR count). The maximum atomic E-state index is 15.0. The predicted octanol–water partition coefficient (Wildman–Crippen LogP) is 3.78. The maximum absolute atomic E-state index is 15.0. The molecule has 2 aliphatic rings. The molecule has 0 atom stereocenters. The SMILES string of the molecule is CC1(C)CC(=C(F)B2OC(C)(C)C(C)(C)O2)CC(C)(C)N1. The van der Waals surface area contributed by atoms with Crippen molar-refractivity contribution in [3.8, 4) is 0 Å². The lowest BCUT2D eigenvalue weighted by Crippen LogP contribution is -2.56. The molecule has 21 heavy (non-hydrogen) atoms. The largest absolute Gasteiger partial charge is 0.525 e. The Balaban J connectivity index is 2.28. The summed E-state index contributed by atoms with van der Waals surface area (Å²) in [5, 5.41) is 3.56. The van der Waals surface area contributed by atoms with Crippen molar-refractivity contribution in [1.29, 1.82) is 0 Å². The number of halogens is 1. The van der Waals surface area contributed by atoms with Crippen molar-refractivity contribution in [3.63, 3.8) is 0 Å². The third-order valence-corrected chi connectivity index (χ3v) is 4.79. The highest BCUT2D eigenvalue weighted by molar-refractivity contribution is 6.53. The van der Waals surface area contributed by atoms with Gasteiger partial charge in [-0.05, 0) is 73.8 Å². The van der Waals surface area contributed by atoms with Crippen LogP contribution in [-0.2, 0) is 9.31 Å². The summed E-state index contributed by atoms with van der Waals surface area (Å²) in [6.07, 6.45) is 1.35. The molecule has 2 aliphatic heterocycles. The third kappa shape index (κ3) is 3.35. The summed E-state index contributed by atoms with van der Waals surface area (Å²) in [4.78, 5) is 0. The second-order valence-corrected chi connectivity index (χ2v) is 8.79. The van der Waals surface area contributed by atoms with E-state index in [2.05, 4.69) is 33.0 Å². The minimum atomic E-state index is -0.880. The van der Waals surface area contributed by atoms with Gasteiger partial charge in [-0.2, -0.15) is 0 Å². The fourth-order valence-electron chi connectivity index (χ4n) is 3.42. The lowest BCUT2D eigenvalue weighted by molar-refractivity contribution is 0.00578. The summed E-state index contributed by atoms with van der Waals surface area (Å²) in [6, 6.07) is 0. The van der Waals surface area contributed by atoms with Crippen molar-refractivity contribution in [2.75, 3.05) is 0 Å².